The van der Waals surface area contributed by atoms with Crippen LogP contribution in [-0.4, -0.2) is 35.7 Å². The first-order valence-corrected chi connectivity index (χ1v) is 11.8. The fourth-order valence-corrected chi connectivity index (χ4v) is 4.05. The molecule has 3 rings (SSSR count). The van der Waals surface area contributed by atoms with Gasteiger partial charge in [0.05, 0.1) is 13.5 Å². The molecule has 35 heavy (non-hydrogen) atoms. The number of carbonyl (C=O) groups excluding carboxylic acids is 3. The molecule has 2 amide bonds. The number of halogens is 1. The lowest BCUT2D eigenvalue weighted by Gasteiger charge is -2.19. The van der Waals surface area contributed by atoms with Crippen molar-refractivity contribution in [3.8, 4) is 5.75 Å². The molecule has 0 fully saturated rings. The number of methoxy groups -OCH3 is 1. The number of fused-ring (bicyclic) bond motifs is 1. The zero-order valence-electron chi connectivity index (χ0n) is 20.4. The minimum atomic E-state index is -0.759. The number of rotatable bonds is 12. The Hall–Kier alpha value is -3.68. The number of aromatic amines is 1. The molecule has 0 aliphatic carbocycles. The van der Waals surface area contributed by atoms with Gasteiger partial charge in [0.15, 0.2) is 0 Å². The number of benzene rings is 2. The Balaban J connectivity index is 1.70. The highest BCUT2D eigenvalue weighted by Crippen LogP contribution is 2.27. The maximum Gasteiger partial charge on any atom is 0.246 e. The van der Waals surface area contributed by atoms with Crippen LogP contribution in [0.25, 0.3) is 10.9 Å². The Bertz CT molecular complexity index is 1190. The van der Waals surface area contributed by atoms with Gasteiger partial charge < -0.3 is 25.1 Å². The summed E-state index contributed by atoms with van der Waals surface area (Å²) in [5.74, 6) is -0.215. The van der Waals surface area contributed by atoms with Gasteiger partial charge in [-0.3, -0.25) is 9.59 Å². The van der Waals surface area contributed by atoms with E-state index in [-0.39, 0.29) is 24.0 Å². The summed E-state index contributed by atoms with van der Waals surface area (Å²) in [6, 6.07) is 10.4. The number of aromatic nitrogens is 1. The summed E-state index contributed by atoms with van der Waals surface area (Å²) in [7, 11) is 1.59. The maximum atomic E-state index is 13.2. The summed E-state index contributed by atoms with van der Waals surface area (Å²) in [6.45, 7) is 3.46. The van der Waals surface area contributed by atoms with Crippen LogP contribution in [0.2, 0.25) is 0 Å². The lowest BCUT2D eigenvalue weighted by atomic mass is 10.0. The largest absolute Gasteiger partial charge is 0.497 e. The SMILES string of the molecule is COc1ccc2[nH]c(C)c(CC(=O)N[C@@H](CCCCCC(C)=O)C(=O)Nc3ccc(F)cc3)c2c1. The zero-order valence-corrected chi connectivity index (χ0v) is 20.4. The minimum absolute atomic E-state index is 0.101. The van der Waals surface area contributed by atoms with Crippen molar-refractivity contribution in [1.29, 1.82) is 0 Å². The number of carbonyl (C=O) groups is 3. The molecule has 0 bridgehead atoms. The highest BCUT2D eigenvalue weighted by atomic mass is 19.1. The van der Waals surface area contributed by atoms with Crippen molar-refractivity contribution >= 4 is 34.2 Å². The number of nitrogens with one attached hydrogen (secondary N) is 3. The Morgan fingerprint density at radius 1 is 1.06 bits per heavy atom. The van der Waals surface area contributed by atoms with Crippen LogP contribution in [0.1, 0.15) is 50.3 Å². The van der Waals surface area contributed by atoms with E-state index < -0.39 is 11.9 Å². The average Bonchev–Trinajstić information content (AvgIpc) is 3.13. The molecule has 1 atom stereocenters. The first kappa shape index (κ1) is 25.9. The Morgan fingerprint density at radius 2 is 1.80 bits per heavy atom. The van der Waals surface area contributed by atoms with Crippen molar-refractivity contribution in [3.05, 3.63) is 59.5 Å². The van der Waals surface area contributed by atoms with Crippen molar-refractivity contribution in [3.63, 3.8) is 0 Å². The van der Waals surface area contributed by atoms with E-state index >= 15 is 0 Å². The summed E-state index contributed by atoms with van der Waals surface area (Å²) in [4.78, 5) is 40.5. The molecule has 186 valence electrons. The molecular formula is C27H32FN3O4. The second-order valence-electron chi connectivity index (χ2n) is 8.73. The van der Waals surface area contributed by atoms with Gasteiger partial charge in [-0.15, -0.1) is 0 Å². The molecule has 1 heterocycles. The van der Waals surface area contributed by atoms with Gasteiger partial charge in [0.25, 0.3) is 0 Å². The molecule has 2 aromatic carbocycles. The van der Waals surface area contributed by atoms with Crippen molar-refractivity contribution in [1.82, 2.24) is 10.3 Å². The van der Waals surface area contributed by atoms with Crippen molar-refractivity contribution in [2.24, 2.45) is 0 Å². The second-order valence-corrected chi connectivity index (χ2v) is 8.73. The third kappa shape index (κ3) is 7.40. The second kappa shape index (κ2) is 12.1. The first-order valence-electron chi connectivity index (χ1n) is 11.8. The minimum Gasteiger partial charge on any atom is -0.497 e. The Labute approximate surface area is 204 Å². The molecule has 3 N–H and O–H groups in total. The van der Waals surface area contributed by atoms with Gasteiger partial charge in [-0.05, 0) is 74.7 Å². The van der Waals surface area contributed by atoms with E-state index in [1.807, 2.05) is 25.1 Å². The number of anilines is 1. The number of Topliss-reactive ketones (excluding diaryl/α,β-unsaturated/α-hetero) is 1. The third-order valence-electron chi connectivity index (χ3n) is 5.95. The highest BCUT2D eigenvalue weighted by molar-refractivity contribution is 5.98. The number of hydrogen-bond acceptors (Lipinski definition) is 4. The first-order chi connectivity index (χ1) is 16.8. The fraction of sp³-hybridized carbons (Fsp3) is 0.370. The standard InChI is InChI=1S/C27H32FN3O4/c1-17(32)7-5-4-6-8-25(27(34)30-20-11-9-19(28)10-12-20)31-26(33)16-22-18(2)29-24-14-13-21(35-3)15-23(22)24/h9-15,25,29H,4-8,16H2,1-3H3,(H,30,34)(H,31,33)/t25-/m0/s1. The van der Waals surface area contributed by atoms with Crippen molar-refractivity contribution in [2.75, 3.05) is 12.4 Å². The monoisotopic (exact) mass is 481 g/mol. The van der Waals surface area contributed by atoms with E-state index in [1.165, 1.54) is 24.3 Å². The maximum absolute atomic E-state index is 13.2. The molecule has 1 aromatic heterocycles. The predicted molar refractivity (Wildman–Crippen MR) is 134 cm³/mol. The molecule has 7 nitrogen and oxygen atoms in total. The number of hydrogen-bond donors (Lipinski definition) is 3. The normalized spacial score (nSPS) is 11.8. The summed E-state index contributed by atoms with van der Waals surface area (Å²) in [6.07, 6.45) is 3.23. The number of H-pyrrole nitrogens is 1. The van der Waals surface area contributed by atoms with Crippen LogP contribution < -0.4 is 15.4 Å². The number of unbranched alkanes of at least 4 members (excludes halogenated alkanes) is 2. The smallest absolute Gasteiger partial charge is 0.246 e. The predicted octanol–water partition coefficient (Wildman–Crippen LogP) is 4.83. The van der Waals surface area contributed by atoms with Crippen LogP contribution in [0.5, 0.6) is 5.75 Å². The van der Waals surface area contributed by atoms with E-state index in [9.17, 15) is 18.8 Å². The molecule has 3 aromatic rings. The summed E-state index contributed by atoms with van der Waals surface area (Å²) >= 11 is 0. The van der Waals surface area contributed by atoms with Crippen LogP contribution in [0, 0.1) is 12.7 Å². The van der Waals surface area contributed by atoms with Crippen molar-refractivity contribution in [2.45, 2.75) is 58.4 Å². The third-order valence-corrected chi connectivity index (χ3v) is 5.95. The molecule has 0 spiro atoms. The summed E-state index contributed by atoms with van der Waals surface area (Å²) in [5, 5.41) is 6.52. The summed E-state index contributed by atoms with van der Waals surface area (Å²) < 4.78 is 18.5. The molecule has 0 radical (unpaired) electrons. The van der Waals surface area contributed by atoms with E-state index in [2.05, 4.69) is 15.6 Å². The van der Waals surface area contributed by atoms with Gasteiger partial charge in [-0.2, -0.15) is 0 Å². The van der Waals surface area contributed by atoms with Gasteiger partial charge in [-0.25, -0.2) is 4.39 Å². The van der Waals surface area contributed by atoms with Gasteiger partial charge >= 0.3 is 0 Å². The van der Waals surface area contributed by atoms with Crippen LogP contribution in [-0.2, 0) is 20.8 Å². The van der Waals surface area contributed by atoms with E-state index in [0.717, 1.165) is 35.0 Å². The topological polar surface area (TPSA) is 100 Å². The zero-order chi connectivity index (χ0) is 25.4. The summed E-state index contributed by atoms with van der Waals surface area (Å²) in [5.41, 5.74) is 3.07. The van der Waals surface area contributed by atoms with Crippen LogP contribution >= 0.6 is 0 Å². The number of ether oxygens (including phenoxy) is 1. The Kier molecular flexibility index (Phi) is 9.00. The average molecular weight is 482 g/mol. The number of aryl methyl sites for hydroxylation is 1. The molecule has 0 aliphatic rings. The van der Waals surface area contributed by atoms with Crippen LogP contribution in [0.3, 0.4) is 0 Å². The molecular weight excluding hydrogens is 449 g/mol. The fourth-order valence-electron chi connectivity index (χ4n) is 4.05. The van der Waals surface area contributed by atoms with Crippen LogP contribution in [0.15, 0.2) is 42.5 Å². The van der Waals surface area contributed by atoms with Crippen LogP contribution in [0.4, 0.5) is 10.1 Å². The van der Waals surface area contributed by atoms with E-state index in [0.29, 0.717) is 30.7 Å². The van der Waals surface area contributed by atoms with E-state index in [4.69, 9.17) is 4.74 Å². The molecule has 8 heteroatoms. The molecule has 0 saturated carbocycles. The molecule has 0 saturated heterocycles. The Morgan fingerprint density at radius 3 is 2.49 bits per heavy atom. The quantitative estimate of drug-likeness (QED) is 0.323. The lowest BCUT2D eigenvalue weighted by molar-refractivity contribution is -0.126. The van der Waals surface area contributed by atoms with Crippen molar-refractivity contribution < 1.29 is 23.5 Å². The van der Waals surface area contributed by atoms with Gasteiger partial charge in [0, 0.05) is 28.7 Å². The van der Waals surface area contributed by atoms with Gasteiger partial charge in [-0.1, -0.05) is 12.8 Å². The highest BCUT2D eigenvalue weighted by Gasteiger charge is 2.22. The number of amides is 2. The van der Waals surface area contributed by atoms with E-state index in [1.54, 1.807) is 14.0 Å². The molecule has 0 unspecified atom stereocenters. The van der Waals surface area contributed by atoms with Gasteiger partial charge in [0.2, 0.25) is 11.8 Å². The number of ketones is 1. The van der Waals surface area contributed by atoms with Gasteiger partial charge in [0.1, 0.15) is 23.4 Å². The lowest BCUT2D eigenvalue weighted by Crippen LogP contribution is -2.44. The molecule has 0 aliphatic heterocycles.